The molecule has 0 atom stereocenters. The summed E-state index contributed by atoms with van der Waals surface area (Å²) in [6.07, 6.45) is 7.69. The molecule has 0 saturated heterocycles. The monoisotopic (exact) mass is 256 g/mol. The van der Waals surface area contributed by atoms with Crippen LogP contribution in [0.3, 0.4) is 0 Å². The van der Waals surface area contributed by atoms with Crippen molar-refractivity contribution >= 4 is 22.6 Å². The Bertz CT molecular complexity index is 581. The number of para-hydroxylation sites is 2. The van der Waals surface area contributed by atoms with Crippen LogP contribution in [0.5, 0.6) is 0 Å². The van der Waals surface area contributed by atoms with Crippen molar-refractivity contribution in [3.63, 3.8) is 0 Å². The standard InChI is InChI=1S/C13H12N4S/c1-18-13(15-10-14)16-11-6-2-3-7-12(11)17-8-4-5-9-17/h2-9H,1H3,(H,15,16). The Labute approximate surface area is 110 Å². The molecular weight excluding hydrogens is 244 g/mol. The van der Waals surface area contributed by atoms with E-state index in [-0.39, 0.29) is 0 Å². The highest BCUT2D eigenvalue weighted by Crippen LogP contribution is 2.23. The third-order valence-corrected chi connectivity index (χ3v) is 2.92. The van der Waals surface area contributed by atoms with E-state index in [0.29, 0.717) is 5.17 Å². The van der Waals surface area contributed by atoms with E-state index in [0.717, 1.165) is 11.4 Å². The Morgan fingerprint density at radius 3 is 2.67 bits per heavy atom. The molecule has 0 aliphatic heterocycles. The van der Waals surface area contributed by atoms with Crippen LogP contribution in [0.1, 0.15) is 0 Å². The van der Waals surface area contributed by atoms with Crippen LogP contribution in [0.15, 0.2) is 53.8 Å². The van der Waals surface area contributed by atoms with Crippen LogP contribution in [0.2, 0.25) is 0 Å². The van der Waals surface area contributed by atoms with Crippen molar-refractivity contribution in [3.05, 3.63) is 48.8 Å². The van der Waals surface area contributed by atoms with Crippen LogP contribution in [0, 0.1) is 11.5 Å². The first kappa shape index (κ1) is 12.3. The van der Waals surface area contributed by atoms with Gasteiger partial charge >= 0.3 is 0 Å². The maximum absolute atomic E-state index is 8.64. The molecule has 0 radical (unpaired) electrons. The number of nitriles is 1. The predicted octanol–water partition coefficient (Wildman–Crippen LogP) is 2.90. The largest absolute Gasteiger partial charge is 0.322 e. The van der Waals surface area contributed by atoms with E-state index in [9.17, 15) is 0 Å². The van der Waals surface area contributed by atoms with Crippen molar-refractivity contribution in [1.29, 1.82) is 5.26 Å². The number of rotatable bonds is 2. The highest BCUT2D eigenvalue weighted by atomic mass is 32.2. The Balaban J connectivity index is 2.43. The van der Waals surface area contributed by atoms with E-state index >= 15 is 0 Å². The zero-order chi connectivity index (χ0) is 12.8. The molecule has 0 unspecified atom stereocenters. The summed E-state index contributed by atoms with van der Waals surface area (Å²) < 4.78 is 1.99. The molecule has 0 bridgehead atoms. The maximum atomic E-state index is 8.64. The summed E-state index contributed by atoms with van der Waals surface area (Å²) in [6.45, 7) is 0. The fourth-order valence-corrected chi connectivity index (χ4v) is 1.89. The summed E-state index contributed by atoms with van der Waals surface area (Å²) >= 11 is 1.40. The number of hydrogen-bond donors (Lipinski definition) is 1. The molecule has 0 spiro atoms. The number of benzene rings is 1. The number of thioether (sulfide) groups is 1. The number of aliphatic imine (C=N–C) groups is 1. The normalized spacial score (nSPS) is 11.0. The van der Waals surface area contributed by atoms with Gasteiger partial charge in [-0.25, -0.2) is 4.99 Å². The van der Waals surface area contributed by atoms with Crippen LogP contribution >= 0.6 is 11.8 Å². The summed E-state index contributed by atoms with van der Waals surface area (Å²) in [6, 6.07) is 11.7. The van der Waals surface area contributed by atoms with Crippen molar-refractivity contribution in [1.82, 2.24) is 9.88 Å². The van der Waals surface area contributed by atoms with Crippen LogP contribution in [-0.2, 0) is 0 Å². The molecule has 1 heterocycles. The van der Waals surface area contributed by atoms with Gasteiger partial charge in [0.1, 0.15) is 0 Å². The molecule has 1 aromatic heterocycles. The van der Waals surface area contributed by atoms with Gasteiger partial charge in [-0.1, -0.05) is 23.9 Å². The molecule has 18 heavy (non-hydrogen) atoms. The average molecular weight is 256 g/mol. The molecule has 90 valence electrons. The minimum atomic E-state index is 0.581. The zero-order valence-electron chi connectivity index (χ0n) is 9.87. The molecule has 0 fully saturated rings. The minimum absolute atomic E-state index is 0.581. The second-order valence-electron chi connectivity index (χ2n) is 3.44. The second-order valence-corrected chi connectivity index (χ2v) is 4.23. The molecule has 0 saturated carbocycles. The lowest BCUT2D eigenvalue weighted by Gasteiger charge is -2.07. The molecule has 1 N–H and O–H groups in total. The summed E-state index contributed by atoms with van der Waals surface area (Å²) in [7, 11) is 0. The van der Waals surface area contributed by atoms with Crippen LogP contribution in [-0.4, -0.2) is 16.0 Å². The highest BCUT2D eigenvalue weighted by molar-refractivity contribution is 8.13. The first-order valence-electron chi connectivity index (χ1n) is 5.35. The third-order valence-electron chi connectivity index (χ3n) is 2.34. The fourth-order valence-electron chi connectivity index (χ4n) is 1.55. The zero-order valence-corrected chi connectivity index (χ0v) is 10.7. The van der Waals surface area contributed by atoms with Gasteiger partial charge in [0, 0.05) is 12.4 Å². The molecular formula is C13H12N4S. The Hall–Kier alpha value is -2.19. The van der Waals surface area contributed by atoms with Crippen molar-refractivity contribution in [2.24, 2.45) is 4.99 Å². The van der Waals surface area contributed by atoms with Gasteiger partial charge in [-0.3, -0.25) is 5.32 Å². The average Bonchev–Trinajstić information content (AvgIpc) is 2.92. The number of aromatic nitrogens is 1. The lowest BCUT2D eigenvalue weighted by Crippen LogP contribution is -2.12. The van der Waals surface area contributed by atoms with Gasteiger partial charge in [0.25, 0.3) is 0 Å². The first-order chi connectivity index (χ1) is 8.85. The molecule has 2 aromatic rings. The molecule has 0 aliphatic carbocycles. The van der Waals surface area contributed by atoms with Crippen molar-refractivity contribution < 1.29 is 0 Å². The summed E-state index contributed by atoms with van der Waals surface area (Å²) in [5.41, 5.74) is 1.80. The third kappa shape index (κ3) is 2.73. The van der Waals surface area contributed by atoms with Gasteiger partial charge < -0.3 is 4.57 Å². The van der Waals surface area contributed by atoms with E-state index in [1.165, 1.54) is 11.8 Å². The van der Waals surface area contributed by atoms with Gasteiger partial charge in [0.05, 0.1) is 11.4 Å². The highest BCUT2D eigenvalue weighted by Gasteiger charge is 2.03. The number of nitrogens with one attached hydrogen (secondary N) is 1. The first-order valence-corrected chi connectivity index (χ1v) is 6.58. The second kappa shape index (κ2) is 5.94. The van der Waals surface area contributed by atoms with E-state index < -0.39 is 0 Å². The molecule has 4 nitrogen and oxygen atoms in total. The van der Waals surface area contributed by atoms with E-state index in [2.05, 4.69) is 10.3 Å². The van der Waals surface area contributed by atoms with Gasteiger partial charge in [-0.15, -0.1) is 0 Å². The van der Waals surface area contributed by atoms with Crippen LogP contribution in [0.25, 0.3) is 5.69 Å². The topological polar surface area (TPSA) is 53.1 Å². The van der Waals surface area contributed by atoms with E-state index in [1.54, 1.807) is 0 Å². The molecule has 2 rings (SSSR count). The van der Waals surface area contributed by atoms with Gasteiger partial charge in [0.2, 0.25) is 0 Å². The number of amidine groups is 1. The van der Waals surface area contributed by atoms with Crippen LogP contribution < -0.4 is 5.32 Å². The molecule has 5 heteroatoms. The lowest BCUT2D eigenvalue weighted by molar-refractivity contribution is 1.08. The van der Waals surface area contributed by atoms with Crippen molar-refractivity contribution in [2.45, 2.75) is 0 Å². The Kier molecular flexibility index (Phi) is 4.05. The smallest absolute Gasteiger partial charge is 0.183 e. The summed E-state index contributed by atoms with van der Waals surface area (Å²) in [5, 5.41) is 11.8. The van der Waals surface area contributed by atoms with Gasteiger partial charge in [-0.2, -0.15) is 5.26 Å². The predicted molar refractivity (Wildman–Crippen MR) is 75.1 cm³/mol. The number of hydrogen-bond acceptors (Lipinski definition) is 3. The number of nitrogens with zero attached hydrogens (tertiary/aromatic N) is 3. The SMILES string of the molecule is CSC(=Nc1ccccc1-n1cccc1)NC#N. The van der Waals surface area contributed by atoms with Crippen LogP contribution in [0.4, 0.5) is 5.69 Å². The van der Waals surface area contributed by atoms with E-state index in [1.807, 2.05) is 65.8 Å². The van der Waals surface area contributed by atoms with Gasteiger partial charge in [0.15, 0.2) is 11.4 Å². The quantitative estimate of drug-likeness (QED) is 0.389. The summed E-state index contributed by atoms with van der Waals surface area (Å²) in [4.78, 5) is 4.45. The Morgan fingerprint density at radius 2 is 2.00 bits per heavy atom. The maximum Gasteiger partial charge on any atom is 0.183 e. The Morgan fingerprint density at radius 1 is 1.28 bits per heavy atom. The minimum Gasteiger partial charge on any atom is -0.322 e. The summed E-state index contributed by atoms with van der Waals surface area (Å²) in [5.74, 6) is 0. The fraction of sp³-hybridized carbons (Fsp3) is 0.0769. The van der Waals surface area contributed by atoms with E-state index in [4.69, 9.17) is 5.26 Å². The van der Waals surface area contributed by atoms with Crippen molar-refractivity contribution in [2.75, 3.05) is 6.26 Å². The van der Waals surface area contributed by atoms with Crippen molar-refractivity contribution in [3.8, 4) is 11.9 Å². The lowest BCUT2D eigenvalue weighted by atomic mass is 10.2. The van der Waals surface area contributed by atoms with Gasteiger partial charge in [-0.05, 0) is 30.5 Å². The molecule has 0 aliphatic rings. The molecule has 1 aromatic carbocycles. The molecule has 0 amide bonds.